The molecule has 0 unspecified atom stereocenters. The Morgan fingerprint density at radius 1 is 0.960 bits per heavy atom. The number of hydrogen-bond acceptors (Lipinski definition) is 5. The summed E-state index contributed by atoms with van der Waals surface area (Å²) in [6, 6.07) is 9.08. The van der Waals surface area contributed by atoms with Crippen molar-refractivity contribution in [2.24, 2.45) is 0 Å². The molecule has 6 nitrogen and oxygen atoms in total. The van der Waals surface area contributed by atoms with Crippen molar-refractivity contribution < 1.29 is 34.7 Å². The zero-order valence-corrected chi connectivity index (χ0v) is 14.2. The molecule has 0 fully saturated rings. The summed E-state index contributed by atoms with van der Waals surface area (Å²) in [5, 5.41) is 0. The highest BCUT2D eigenvalue weighted by atomic mass is 32.2. The Labute approximate surface area is 142 Å². The molecule has 0 bridgehead atoms. The number of nitrogens with one attached hydrogen (secondary N) is 1. The molecular formula is C14H12F3NO5S2. The Bertz CT molecular complexity index is 986. The van der Waals surface area contributed by atoms with E-state index in [2.05, 4.69) is 4.74 Å². The molecule has 0 heterocycles. The Morgan fingerprint density at radius 2 is 1.60 bits per heavy atom. The fourth-order valence-corrected chi connectivity index (χ4v) is 3.73. The summed E-state index contributed by atoms with van der Waals surface area (Å²) in [5.41, 5.74) is -0.121. The van der Waals surface area contributed by atoms with Gasteiger partial charge in [-0.2, -0.15) is 0 Å². The van der Waals surface area contributed by atoms with Gasteiger partial charge >= 0.3 is 6.36 Å². The topological polar surface area (TPSA) is 89.5 Å². The van der Waals surface area contributed by atoms with E-state index in [0.717, 1.165) is 24.5 Å². The second-order valence-corrected chi connectivity index (χ2v) is 8.57. The Morgan fingerprint density at radius 3 is 2.20 bits per heavy atom. The summed E-state index contributed by atoms with van der Waals surface area (Å²) in [4.78, 5) is -0.885. The van der Waals surface area contributed by atoms with E-state index in [1.54, 1.807) is 0 Å². The van der Waals surface area contributed by atoms with Crippen molar-refractivity contribution >= 4 is 25.5 Å². The maximum atomic E-state index is 12.4. The van der Waals surface area contributed by atoms with E-state index in [1.807, 2.05) is 4.72 Å². The standard InChI is InChI=1S/C14H12F3NO5S2/c1-24(19,20)11-6-4-5-10(9-11)18-25(21,22)13-8-3-2-7-12(13)23-14(15,16)17/h2-9,18H,1H3. The van der Waals surface area contributed by atoms with Crippen LogP contribution in [0.15, 0.2) is 58.3 Å². The quantitative estimate of drug-likeness (QED) is 0.841. The maximum Gasteiger partial charge on any atom is 0.573 e. The predicted octanol–water partition coefficient (Wildman–Crippen LogP) is 2.79. The molecule has 0 aliphatic heterocycles. The first-order valence-corrected chi connectivity index (χ1v) is 9.94. The Kier molecular flexibility index (Phi) is 5.00. The van der Waals surface area contributed by atoms with Gasteiger partial charge in [0, 0.05) is 6.26 Å². The third kappa shape index (κ3) is 5.10. The summed E-state index contributed by atoms with van der Waals surface area (Å²) in [7, 11) is -8.03. The van der Waals surface area contributed by atoms with Crippen molar-refractivity contribution in [1.29, 1.82) is 0 Å². The SMILES string of the molecule is CS(=O)(=O)c1cccc(NS(=O)(=O)c2ccccc2OC(F)(F)F)c1. The van der Waals surface area contributed by atoms with Gasteiger partial charge in [0.2, 0.25) is 0 Å². The molecule has 1 N–H and O–H groups in total. The number of rotatable bonds is 5. The zero-order valence-electron chi connectivity index (χ0n) is 12.6. The minimum Gasteiger partial charge on any atom is -0.404 e. The number of para-hydroxylation sites is 1. The first-order chi connectivity index (χ1) is 11.4. The first-order valence-electron chi connectivity index (χ1n) is 6.56. The van der Waals surface area contributed by atoms with Crippen LogP contribution in [0.25, 0.3) is 0 Å². The largest absolute Gasteiger partial charge is 0.573 e. The lowest BCUT2D eigenvalue weighted by Gasteiger charge is -2.14. The fourth-order valence-electron chi connectivity index (χ4n) is 1.88. The molecule has 0 aliphatic rings. The van der Waals surface area contributed by atoms with E-state index < -0.39 is 36.9 Å². The van der Waals surface area contributed by atoms with Crippen LogP contribution in [0.1, 0.15) is 0 Å². The minimum atomic E-state index is -5.07. The molecule has 0 aliphatic carbocycles. The molecule has 0 atom stereocenters. The van der Waals surface area contributed by atoms with Gasteiger partial charge in [-0.25, -0.2) is 16.8 Å². The fraction of sp³-hybridized carbons (Fsp3) is 0.143. The number of sulfone groups is 1. The van der Waals surface area contributed by atoms with Gasteiger partial charge in [-0.1, -0.05) is 18.2 Å². The predicted molar refractivity (Wildman–Crippen MR) is 83.5 cm³/mol. The van der Waals surface area contributed by atoms with Crippen LogP contribution in [0.2, 0.25) is 0 Å². The summed E-state index contributed by atoms with van der Waals surface area (Å²) in [6.45, 7) is 0. The highest BCUT2D eigenvalue weighted by Crippen LogP contribution is 2.30. The maximum absolute atomic E-state index is 12.4. The van der Waals surface area contributed by atoms with Gasteiger partial charge in [-0.15, -0.1) is 13.2 Å². The van der Waals surface area contributed by atoms with E-state index >= 15 is 0 Å². The van der Waals surface area contributed by atoms with Crippen LogP contribution in [0.4, 0.5) is 18.9 Å². The van der Waals surface area contributed by atoms with E-state index in [0.29, 0.717) is 0 Å². The Balaban J connectivity index is 2.41. The molecule has 0 amide bonds. The van der Waals surface area contributed by atoms with Gasteiger partial charge in [-0.3, -0.25) is 4.72 Å². The van der Waals surface area contributed by atoms with E-state index in [4.69, 9.17) is 0 Å². The summed E-state index contributed by atoms with van der Waals surface area (Å²) in [6.07, 6.45) is -4.13. The summed E-state index contributed by atoms with van der Waals surface area (Å²) < 4.78 is 90.7. The van der Waals surface area contributed by atoms with Gasteiger partial charge < -0.3 is 4.74 Å². The molecule has 2 aromatic rings. The number of hydrogen-bond donors (Lipinski definition) is 1. The number of halogens is 3. The molecule has 0 spiro atoms. The third-order valence-corrected chi connectivity index (χ3v) is 5.41. The second-order valence-electron chi connectivity index (χ2n) is 4.90. The molecule has 2 rings (SSSR count). The van der Waals surface area contributed by atoms with Crippen LogP contribution < -0.4 is 9.46 Å². The van der Waals surface area contributed by atoms with E-state index in [-0.39, 0.29) is 10.6 Å². The summed E-state index contributed by atoms with van der Waals surface area (Å²) in [5.74, 6) is -0.901. The number of alkyl halides is 3. The first kappa shape index (κ1) is 19.1. The van der Waals surface area contributed by atoms with Crippen LogP contribution in [-0.4, -0.2) is 29.5 Å². The molecule has 25 heavy (non-hydrogen) atoms. The van der Waals surface area contributed by atoms with E-state index in [9.17, 15) is 30.0 Å². The minimum absolute atomic E-state index is 0.121. The van der Waals surface area contributed by atoms with Gasteiger partial charge in [-0.05, 0) is 30.3 Å². The highest BCUT2D eigenvalue weighted by molar-refractivity contribution is 7.93. The monoisotopic (exact) mass is 395 g/mol. The number of benzene rings is 2. The molecule has 136 valence electrons. The van der Waals surface area contributed by atoms with Crippen molar-refractivity contribution in [2.45, 2.75) is 16.2 Å². The van der Waals surface area contributed by atoms with Crippen molar-refractivity contribution in [1.82, 2.24) is 0 Å². The number of ether oxygens (including phenoxy) is 1. The van der Waals surface area contributed by atoms with Gasteiger partial charge in [0.1, 0.15) is 10.6 Å². The van der Waals surface area contributed by atoms with Crippen LogP contribution in [0, 0.1) is 0 Å². The molecular weight excluding hydrogens is 383 g/mol. The van der Waals surface area contributed by atoms with Crippen molar-refractivity contribution in [3.05, 3.63) is 48.5 Å². The molecule has 11 heteroatoms. The lowest BCUT2D eigenvalue weighted by atomic mass is 10.3. The normalized spacial score (nSPS) is 12.6. The smallest absolute Gasteiger partial charge is 0.404 e. The van der Waals surface area contributed by atoms with Crippen LogP contribution >= 0.6 is 0 Å². The molecule has 0 saturated heterocycles. The lowest BCUT2D eigenvalue weighted by molar-refractivity contribution is -0.275. The second kappa shape index (κ2) is 6.56. The Hall–Kier alpha value is -2.27. The van der Waals surface area contributed by atoms with E-state index in [1.165, 1.54) is 30.3 Å². The average molecular weight is 395 g/mol. The molecule has 0 saturated carbocycles. The van der Waals surface area contributed by atoms with Crippen molar-refractivity contribution in [3.8, 4) is 5.75 Å². The van der Waals surface area contributed by atoms with Crippen LogP contribution in [0.3, 0.4) is 0 Å². The van der Waals surface area contributed by atoms with Gasteiger partial charge in [0.25, 0.3) is 10.0 Å². The van der Waals surface area contributed by atoms with Gasteiger partial charge in [0.05, 0.1) is 10.6 Å². The van der Waals surface area contributed by atoms with Crippen molar-refractivity contribution in [3.63, 3.8) is 0 Å². The van der Waals surface area contributed by atoms with Crippen LogP contribution in [0.5, 0.6) is 5.75 Å². The van der Waals surface area contributed by atoms with Gasteiger partial charge in [0.15, 0.2) is 9.84 Å². The third-order valence-electron chi connectivity index (χ3n) is 2.88. The average Bonchev–Trinajstić information content (AvgIpc) is 2.45. The lowest BCUT2D eigenvalue weighted by Crippen LogP contribution is -2.21. The zero-order chi connectivity index (χ0) is 18.9. The molecule has 2 aromatic carbocycles. The molecule has 0 radical (unpaired) electrons. The van der Waals surface area contributed by atoms with Crippen molar-refractivity contribution in [2.75, 3.05) is 11.0 Å². The number of sulfonamides is 1. The highest BCUT2D eigenvalue weighted by Gasteiger charge is 2.34. The molecule has 0 aromatic heterocycles. The number of anilines is 1. The van der Waals surface area contributed by atoms with Crippen LogP contribution in [-0.2, 0) is 19.9 Å². The summed E-state index contributed by atoms with van der Waals surface area (Å²) >= 11 is 0.